The molecule has 16 heavy (non-hydrogen) atoms. The first-order chi connectivity index (χ1) is 7.95. The van der Waals surface area contributed by atoms with Gasteiger partial charge >= 0.3 is 0 Å². The third-order valence-electron chi connectivity index (χ3n) is 3.01. The molecule has 0 atom stereocenters. The van der Waals surface area contributed by atoms with Gasteiger partial charge in [-0.05, 0) is 37.9 Å². The Balaban J connectivity index is 0.000000606. The van der Waals surface area contributed by atoms with E-state index in [0.717, 1.165) is 0 Å². The van der Waals surface area contributed by atoms with Crippen molar-refractivity contribution in [2.75, 3.05) is 19.6 Å². The molecular weight excluding hydrogens is 194 g/mol. The van der Waals surface area contributed by atoms with Gasteiger partial charge in [-0.25, -0.2) is 0 Å². The van der Waals surface area contributed by atoms with E-state index in [1.54, 1.807) is 0 Å². The van der Waals surface area contributed by atoms with Crippen molar-refractivity contribution >= 4 is 0 Å². The molecule has 1 fully saturated rings. The second kappa shape index (κ2) is 8.35. The van der Waals surface area contributed by atoms with Gasteiger partial charge in [0.15, 0.2) is 0 Å². The van der Waals surface area contributed by atoms with Gasteiger partial charge in [0.05, 0.1) is 0 Å². The lowest BCUT2D eigenvalue weighted by atomic mass is 10.1. The fourth-order valence-electron chi connectivity index (χ4n) is 2.11. The molecule has 0 aromatic heterocycles. The summed E-state index contributed by atoms with van der Waals surface area (Å²) in [5, 5.41) is 0. The van der Waals surface area contributed by atoms with Crippen LogP contribution >= 0.6 is 0 Å². The molecule has 1 aliphatic heterocycles. The summed E-state index contributed by atoms with van der Waals surface area (Å²) >= 11 is 0. The third-order valence-corrected chi connectivity index (χ3v) is 3.01. The van der Waals surface area contributed by atoms with Crippen LogP contribution in [0.2, 0.25) is 0 Å². The molecule has 2 rings (SSSR count). The highest BCUT2D eigenvalue weighted by Gasteiger charge is 2.08. The van der Waals surface area contributed by atoms with Crippen molar-refractivity contribution < 1.29 is 0 Å². The maximum absolute atomic E-state index is 2.59. The van der Waals surface area contributed by atoms with E-state index in [-0.39, 0.29) is 0 Å². The van der Waals surface area contributed by atoms with Gasteiger partial charge in [0, 0.05) is 6.54 Å². The monoisotopic (exact) mass is 219 g/mol. The Morgan fingerprint density at radius 3 is 2.19 bits per heavy atom. The second-order valence-corrected chi connectivity index (χ2v) is 4.14. The third kappa shape index (κ3) is 4.80. The molecule has 1 heterocycles. The lowest BCUT2D eigenvalue weighted by Crippen LogP contribution is -2.31. The molecule has 0 unspecified atom stereocenters. The van der Waals surface area contributed by atoms with Gasteiger partial charge in [-0.2, -0.15) is 0 Å². The fraction of sp³-hybridized carbons (Fsp3) is 0.600. The lowest BCUT2D eigenvalue weighted by molar-refractivity contribution is 0.231. The number of hydrogen-bond acceptors (Lipinski definition) is 1. The Labute approximate surface area is 100 Å². The molecule has 0 bridgehead atoms. The summed E-state index contributed by atoms with van der Waals surface area (Å²) in [5.74, 6) is 0. The van der Waals surface area contributed by atoms with E-state index in [4.69, 9.17) is 0 Å². The standard InChI is InChI=1S/C13H19N.C2H6/c1-3-7-13(8-4-1)9-12-14-10-5-2-6-11-14;1-2/h1,3-4,7-8H,2,5-6,9-12H2;1-2H3. The molecule has 0 aliphatic carbocycles. The minimum Gasteiger partial charge on any atom is -0.303 e. The molecule has 0 spiro atoms. The molecule has 1 saturated heterocycles. The first kappa shape index (κ1) is 13.2. The zero-order chi connectivity index (χ0) is 11.6. The van der Waals surface area contributed by atoms with Crippen molar-refractivity contribution in [2.24, 2.45) is 0 Å². The van der Waals surface area contributed by atoms with Gasteiger partial charge in [-0.1, -0.05) is 50.6 Å². The van der Waals surface area contributed by atoms with E-state index in [9.17, 15) is 0 Å². The summed E-state index contributed by atoms with van der Waals surface area (Å²) in [5.41, 5.74) is 1.47. The molecule has 1 heteroatoms. The topological polar surface area (TPSA) is 3.24 Å². The predicted octanol–water partition coefficient (Wildman–Crippen LogP) is 3.74. The average Bonchev–Trinajstić information content (AvgIpc) is 2.41. The summed E-state index contributed by atoms with van der Waals surface area (Å²) in [6, 6.07) is 10.8. The van der Waals surface area contributed by atoms with E-state index >= 15 is 0 Å². The Hall–Kier alpha value is -0.820. The largest absolute Gasteiger partial charge is 0.303 e. The summed E-state index contributed by atoms with van der Waals surface area (Å²) < 4.78 is 0. The number of likely N-dealkylation sites (tertiary alicyclic amines) is 1. The summed E-state index contributed by atoms with van der Waals surface area (Å²) in [4.78, 5) is 2.59. The highest BCUT2D eigenvalue weighted by atomic mass is 15.1. The van der Waals surface area contributed by atoms with Crippen LogP contribution in [-0.4, -0.2) is 24.5 Å². The summed E-state index contributed by atoms with van der Waals surface area (Å²) in [6.45, 7) is 7.86. The van der Waals surface area contributed by atoms with E-state index in [0.29, 0.717) is 0 Å². The van der Waals surface area contributed by atoms with Crippen molar-refractivity contribution in [1.29, 1.82) is 0 Å². The maximum Gasteiger partial charge on any atom is 0.00218 e. The van der Waals surface area contributed by atoms with Crippen molar-refractivity contribution in [3.05, 3.63) is 35.9 Å². The minimum atomic E-state index is 1.21. The van der Waals surface area contributed by atoms with Crippen LogP contribution in [0.5, 0.6) is 0 Å². The van der Waals surface area contributed by atoms with Crippen LogP contribution in [-0.2, 0) is 6.42 Å². The normalized spacial score (nSPS) is 16.4. The second-order valence-electron chi connectivity index (χ2n) is 4.14. The first-order valence-corrected chi connectivity index (χ1v) is 6.71. The predicted molar refractivity (Wildman–Crippen MR) is 71.8 cm³/mol. The van der Waals surface area contributed by atoms with Gasteiger partial charge in [0.25, 0.3) is 0 Å². The van der Waals surface area contributed by atoms with E-state index in [1.807, 2.05) is 13.8 Å². The number of nitrogens with zero attached hydrogens (tertiary/aromatic N) is 1. The highest BCUT2D eigenvalue weighted by molar-refractivity contribution is 5.14. The quantitative estimate of drug-likeness (QED) is 0.748. The Morgan fingerprint density at radius 1 is 0.938 bits per heavy atom. The van der Waals surface area contributed by atoms with Gasteiger partial charge in [0.1, 0.15) is 0 Å². The van der Waals surface area contributed by atoms with Crippen molar-refractivity contribution in [3.63, 3.8) is 0 Å². The number of benzene rings is 1. The molecule has 0 radical (unpaired) electrons. The Kier molecular flexibility index (Phi) is 6.91. The van der Waals surface area contributed by atoms with E-state index < -0.39 is 0 Å². The van der Waals surface area contributed by atoms with Crippen molar-refractivity contribution in [1.82, 2.24) is 4.90 Å². The van der Waals surface area contributed by atoms with Crippen LogP contribution in [0.25, 0.3) is 0 Å². The van der Waals surface area contributed by atoms with Gasteiger partial charge in [0.2, 0.25) is 0 Å². The SMILES string of the molecule is CC.c1ccc(CCN2CCCCC2)cc1. The zero-order valence-electron chi connectivity index (χ0n) is 10.8. The average molecular weight is 219 g/mol. The van der Waals surface area contributed by atoms with Gasteiger partial charge < -0.3 is 4.90 Å². The molecule has 1 aromatic rings. The van der Waals surface area contributed by atoms with E-state index in [2.05, 4.69) is 35.2 Å². The van der Waals surface area contributed by atoms with Crippen LogP contribution < -0.4 is 0 Å². The number of piperidine rings is 1. The van der Waals surface area contributed by atoms with Crippen molar-refractivity contribution in [3.8, 4) is 0 Å². The van der Waals surface area contributed by atoms with Crippen LogP contribution in [0.3, 0.4) is 0 Å². The zero-order valence-corrected chi connectivity index (χ0v) is 10.8. The van der Waals surface area contributed by atoms with Gasteiger partial charge in [-0.15, -0.1) is 0 Å². The lowest BCUT2D eigenvalue weighted by Gasteiger charge is -2.26. The van der Waals surface area contributed by atoms with Crippen LogP contribution in [0.4, 0.5) is 0 Å². The Bertz CT molecular complexity index is 249. The minimum absolute atomic E-state index is 1.21. The smallest absolute Gasteiger partial charge is 0.00218 e. The Morgan fingerprint density at radius 2 is 1.56 bits per heavy atom. The van der Waals surface area contributed by atoms with Crippen LogP contribution in [0.1, 0.15) is 38.7 Å². The van der Waals surface area contributed by atoms with Gasteiger partial charge in [-0.3, -0.25) is 0 Å². The van der Waals surface area contributed by atoms with Crippen LogP contribution in [0, 0.1) is 0 Å². The molecular formula is C15H25N. The summed E-state index contributed by atoms with van der Waals surface area (Å²) in [7, 11) is 0. The molecule has 0 amide bonds. The van der Waals surface area contributed by atoms with E-state index in [1.165, 1.54) is 50.9 Å². The molecule has 0 saturated carbocycles. The molecule has 90 valence electrons. The number of rotatable bonds is 3. The highest BCUT2D eigenvalue weighted by Crippen LogP contribution is 2.09. The molecule has 1 aliphatic rings. The van der Waals surface area contributed by atoms with Crippen LogP contribution in [0.15, 0.2) is 30.3 Å². The maximum atomic E-state index is 2.59. The summed E-state index contributed by atoms with van der Waals surface area (Å²) in [6.07, 6.45) is 5.44. The van der Waals surface area contributed by atoms with Crippen molar-refractivity contribution in [2.45, 2.75) is 39.5 Å². The fourth-order valence-corrected chi connectivity index (χ4v) is 2.11. The molecule has 1 nitrogen and oxygen atoms in total. The molecule has 0 N–H and O–H groups in total. The molecule has 1 aromatic carbocycles. The number of hydrogen-bond donors (Lipinski definition) is 0. The first-order valence-electron chi connectivity index (χ1n) is 6.71.